The van der Waals surface area contributed by atoms with Gasteiger partial charge in [-0.3, -0.25) is 9.58 Å². The molecule has 0 amide bonds. The van der Waals surface area contributed by atoms with Gasteiger partial charge in [0.15, 0.2) is 0 Å². The first kappa shape index (κ1) is 14.1. The van der Waals surface area contributed by atoms with Crippen LogP contribution in [0.15, 0.2) is 24.0 Å². The van der Waals surface area contributed by atoms with Crippen LogP contribution in [-0.4, -0.2) is 40.5 Å². The lowest BCUT2D eigenvalue weighted by Gasteiger charge is -2.28. The molecule has 2 N–H and O–H groups in total. The third kappa shape index (κ3) is 3.57. The second kappa shape index (κ2) is 5.34. The van der Waals surface area contributed by atoms with Crippen LogP contribution >= 0.6 is 0 Å². The summed E-state index contributed by atoms with van der Waals surface area (Å²) in [7, 11) is 1.80. The van der Waals surface area contributed by atoms with Gasteiger partial charge in [-0.2, -0.15) is 18.3 Å². The Labute approximate surface area is 109 Å². The lowest BCUT2D eigenvalue weighted by Crippen LogP contribution is -2.36. The quantitative estimate of drug-likeness (QED) is 0.852. The monoisotopic (exact) mass is 274 g/mol. The molecule has 2 rings (SSSR count). The van der Waals surface area contributed by atoms with Crippen LogP contribution in [0.25, 0.3) is 0 Å². The first-order valence-electron chi connectivity index (χ1n) is 6.09. The van der Waals surface area contributed by atoms with Gasteiger partial charge in [-0.05, 0) is 6.42 Å². The number of halogens is 3. The summed E-state index contributed by atoms with van der Waals surface area (Å²) in [5.41, 5.74) is 6.49. The lowest BCUT2D eigenvalue weighted by atomic mass is 10.1. The predicted octanol–water partition coefficient (Wildman–Crippen LogP) is 1.61. The van der Waals surface area contributed by atoms with Crippen molar-refractivity contribution in [3.05, 3.63) is 29.6 Å². The molecule has 0 fully saturated rings. The second-order valence-electron chi connectivity index (χ2n) is 4.79. The van der Waals surface area contributed by atoms with Crippen molar-refractivity contribution >= 4 is 0 Å². The Balaban J connectivity index is 1.91. The maximum atomic E-state index is 12.5. The Hall–Kier alpha value is -1.34. The Morgan fingerprint density at radius 1 is 1.47 bits per heavy atom. The molecule has 0 saturated heterocycles. The fourth-order valence-electron chi connectivity index (χ4n) is 2.15. The first-order valence-corrected chi connectivity index (χ1v) is 6.09. The highest BCUT2D eigenvalue weighted by Crippen LogP contribution is 2.30. The molecular weight excluding hydrogens is 257 g/mol. The van der Waals surface area contributed by atoms with Gasteiger partial charge in [-0.25, -0.2) is 0 Å². The van der Waals surface area contributed by atoms with E-state index in [1.165, 1.54) is 6.08 Å². The third-order valence-electron chi connectivity index (χ3n) is 3.27. The fraction of sp³-hybridized carbons (Fsp3) is 0.583. The normalized spacial score (nSPS) is 19.3. The minimum atomic E-state index is -4.20. The van der Waals surface area contributed by atoms with E-state index in [-0.39, 0.29) is 12.5 Å². The van der Waals surface area contributed by atoms with E-state index in [1.54, 1.807) is 17.9 Å². The van der Waals surface area contributed by atoms with Crippen LogP contribution in [0.3, 0.4) is 0 Å². The molecule has 7 heteroatoms. The van der Waals surface area contributed by atoms with Crippen LogP contribution in [0, 0.1) is 0 Å². The Bertz CT molecular complexity index is 464. The van der Waals surface area contributed by atoms with Gasteiger partial charge in [0.25, 0.3) is 0 Å². The van der Waals surface area contributed by atoms with Gasteiger partial charge in [0.05, 0.1) is 6.20 Å². The molecule has 0 aromatic carbocycles. The average Bonchev–Trinajstić information content (AvgIpc) is 2.75. The summed E-state index contributed by atoms with van der Waals surface area (Å²) in [4.78, 5) is 1.92. The number of hydrogen-bond donors (Lipinski definition) is 1. The van der Waals surface area contributed by atoms with E-state index in [4.69, 9.17) is 5.73 Å². The number of nitrogens with zero attached hydrogens (tertiary/aromatic N) is 3. The number of hydrogen-bond acceptors (Lipinski definition) is 3. The molecule has 1 aliphatic heterocycles. The zero-order valence-electron chi connectivity index (χ0n) is 10.7. The van der Waals surface area contributed by atoms with Crippen molar-refractivity contribution in [1.82, 2.24) is 14.7 Å². The van der Waals surface area contributed by atoms with Crippen molar-refractivity contribution in [1.29, 1.82) is 0 Å². The third-order valence-corrected chi connectivity index (χ3v) is 3.27. The highest BCUT2D eigenvalue weighted by molar-refractivity contribution is 5.14. The molecule has 0 bridgehead atoms. The van der Waals surface area contributed by atoms with E-state index in [1.807, 2.05) is 11.1 Å². The fourth-order valence-corrected chi connectivity index (χ4v) is 2.15. The van der Waals surface area contributed by atoms with Crippen LogP contribution in [-0.2, 0) is 7.05 Å². The van der Waals surface area contributed by atoms with Gasteiger partial charge >= 0.3 is 6.18 Å². The zero-order valence-corrected chi connectivity index (χ0v) is 10.7. The van der Waals surface area contributed by atoms with Crippen LogP contribution in [0.5, 0.6) is 0 Å². The summed E-state index contributed by atoms with van der Waals surface area (Å²) in [6, 6.07) is -0.227. The molecule has 1 aliphatic rings. The minimum absolute atomic E-state index is 0.0310. The largest absolute Gasteiger partial charge is 0.412 e. The first-order chi connectivity index (χ1) is 8.86. The Morgan fingerprint density at radius 3 is 2.68 bits per heavy atom. The summed E-state index contributed by atoms with van der Waals surface area (Å²) in [5, 5.41) is 4.03. The van der Waals surface area contributed by atoms with E-state index in [0.29, 0.717) is 19.6 Å². The molecule has 0 aliphatic carbocycles. The second-order valence-corrected chi connectivity index (χ2v) is 4.79. The summed E-state index contributed by atoms with van der Waals surface area (Å²) in [5.74, 6) is 0. The van der Waals surface area contributed by atoms with Gasteiger partial charge in [-0.1, -0.05) is 6.08 Å². The van der Waals surface area contributed by atoms with Crippen LogP contribution in [0.4, 0.5) is 13.2 Å². The van der Waals surface area contributed by atoms with E-state index < -0.39 is 11.7 Å². The lowest BCUT2D eigenvalue weighted by molar-refractivity contribution is -0.0960. The number of alkyl halides is 3. The highest BCUT2D eigenvalue weighted by atomic mass is 19.4. The van der Waals surface area contributed by atoms with E-state index in [0.717, 1.165) is 5.56 Å². The van der Waals surface area contributed by atoms with Crippen LogP contribution in [0.2, 0.25) is 0 Å². The number of aromatic nitrogens is 2. The van der Waals surface area contributed by atoms with Crippen molar-refractivity contribution in [3.63, 3.8) is 0 Å². The molecule has 1 aromatic rings. The molecular formula is C12H17F3N4. The smallest absolute Gasteiger partial charge is 0.323 e. The van der Waals surface area contributed by atoms with Gasteiger partial charge in [0.2, 0.25) is 0 Å². The standard InChI is InChI=1S/C12H17F3N4/c1-18-7-9(6-17-18)11(16)8-19-4-2-10(3-5-19)12(13,14)15/h2,6-7,11H,3-5,8,16H2,1H3. The van der Waals surface area contributed by atoms with Crippen LogP contribution in [0.1, 0.15) is 18.0 Å². The van der Waals surface area contributed by atoms with Gasteiger partial charge < -0.3 is 5.73 Å². The maximum absolute atomic E-state index is 12.5. The zero-order chi connectivity index (χ0) is 14.0. The predicted molar refractivity (Wildman–Crippen MR) is 65.3 cm³/mol. The molecule has 19 heavy (non-hydrogen) atoms. The maximum Gasteiger partial charge on any atom is 0.412 e. The summed E-state index contributed by atoms with van der Waals surface area (Å²) < 4.78 is 39.1. The molecule has 2 heterocycles. The van der Waals surface area contributed by atoms with Crippen molar-refractivity contribution in [2.24, 2.45) is 12.8 Å². The Morgan fingerprint density at radius 2 is 2.21 bits per heavy atom. The van der Waals surface area contributed by atoms with Gasteiger partial charge in [0.1, 0.15) is 0 Å². The number of nitrogens with two attached hydrogens (primary N) is 1. The van der Waals surface area contributed by atoms with E-state index in [2.05, 4.69) is 5.10 Å². The number of aryl methyl sites for hydroxylation is 1. The summed E-state index contributed by atoms with van der Waals surface area (Å²) in [6.07, 6.45) is 0.595. The molecule has 0 radical (unpaired) electrons. The van der Waals surface area contributed by atoms with Crippen molar-refractivity contribution in [2.75, 3.05) is 19.6 Å². The highest BCUT2D eigenvalue weighted by Gasteiger charge is 2.34. The molecule has 106 valence electrons. The summed E-state index contributed by atoms with van der Waals surface area (Å²) >= 11 is 0. The topological polar surface area (TPSA) is 47.1 Å². The summed E-state index contributed by atoms with van der Waals surface area (Å²) in [6.45, 7) is 1.22. The number of rotatable bonds is 3. The molecule has 1 atom stereocenters. The molecule has 4 nitrogen and oxygen atoms in total. The van der Waals surface area contributed by atoms with Gasteiger partial charge in [-0.15, -0.1) is 0 Å². The van der Waals surface area contributed by atoms with Gasteiger partial charge in [0, 0.05) is 50.1 Å². The Kier molecular flexibility index (Phi) is 3.96. The average molecular weight is 274 g/mol. The molecule has 0 saturated carbocycles. The minimum Gasteiger partial charge on any atom is -0.323 e. The van der Waals surface area contributed by atoms with Crippen molar-refractivity contribution in [2.45, 2.75) is 18.6 Å². The van der Waals surface area contributed by atoms with E-state index >= 15 is 0 Å². The van der Waals surface area contributed by atoms with Crippen LogP contribution < -0.4 is 5.73 Å². The van der Waals surface area contributed by atoms with Crippen molar-refractivity contribution < 1.29 is 13.2 Å². The molecule has 1 unspecified atom stereocenters. The molecule has 0 spiro atoms. The van der Waals surface area contributed by atoms with E-state index in [9.17, 15) is 13.2 Å². The SMILES string of the molecule is Cn1cc(C(N)CN2CC=C(C(F)(F)F)CC2)cn1. The molecule has 1 aromatic heterocycles. The van der Waals surface area contributed by atoms with Crippen molar-refractivity contribution in [3.8, 4) is 0 Å².